The van der Waals surface area contributed by atoms with Crippen LogP contribution >= 0.6 is 0 Å². The standard InChI is InChI=1S/C15H26N4/c1-5-12-8-7-9-13(6-2)14(12)18-15(19-16)17-10-11(3)4/h7-9,11H,5-6,10,16H2,1-4H3,(H2,17,18,19). The fraction of sp³-hybridized carbons (Fsp3) is 0.533. The fourth-order valence-electron chi connectivity index (χ4n) is 1.92. The van der Waals surface area contributed by atoms with Crippen LogP contribution in [0.5, 0.6) is 0 Å². The lowest BCUT2D eigenvalue weighted by molar-refractivity contribution is 0.663. The molecule has 106 valence electrons. The summed E-state index contributed by atoms with van der Waals surface area (Å²) in [6.45, 7) is 9.33. The van der Waals surface area contributed by atoms with Crippen LogP contribution in [0.2, 0.25) is 0 Å². The number of anilines is 1. The Morgan fingerprint density at radius 1 is 1.21 bits per heavy atom. The van der Waals surface area contributed by atoms with E-state index in [2.05, 4.69) is 61.6 Å². The minimum absolute atomic E-state index is 0.511. The predicted molar refractivity (Wildman–Crippen MR) is 83.3 cm³/mol. The number of rotatable bonds is 5. The maximum absolute atomic E-state index is 5.55. The van der Waals surface area contributed by atoms with Crippen molar-refractivity contribution >= 4 is 11.6 Å². The summed E-state index contributed by atoms with van der Waals surface area (Å²) in [7, 11) is 0. The van der Waals surface area contributed by atoms with E-state index in [0.717, 1.165) is 25.1 Å². The molecule has 0 heterocycles. The van der Waals surface area contributed by atoms with Crippen molar-refractivity contribution in [3.8, 4) is 0 Å². The molecule has 0 bridgehead atoms. The zero-order valence-electron chi connectivity index (χ0n) is 12.5. The number of aryl methyl sites for hydroxylation is 2. The van der Waals surface area contributed by atoms with Crippen LogP contribution in [0.4, 0.5) is 5.69 Å². The molecule has 4 N–H and O–H groups in total. The minimum Gasteiger partial charge on any atom is -0.325 e. The van der Waals surface area contributed by atoms with Crippen LogP contribution in [0.3, 0.4) is 0 Å². The first-order chi connectivity index (χ1) is 9.12. The molecule has 0 saturated carbocycles. The zero-order valence-corrected chi connectivity index (χ0v) is 12.5. The normalized spacial score (nSPS) is 11.8. The Hall–Kier alpha value is -1.55. The average Bonchev–Trinajstić information content (AvgIpc) is 2.42. The maximum atomic E-state index is 5.55. The largest absolute Gasteiger partial charge is 0.325 e. The summed E-state index contributed by atoms with van der Waals surface area (Å²) in [5.74, 6) is 6.69. The molecule has 0 amide bonds. The van der Waals surface area contributed by atoms with Crippen LogP contribution in [0, 0.1) is 5.92 Å². The third-order valence-electron chi connectivity index (χ3n) is 2.99. The van der Waals surface area contributed by atoms with E-state index < -0.39 is 0 Å². The van der Waals surface area contributed by atoms with Crippen LogP contribution in [0.1, 0.15) is 38.8 Å². The Morgan fingerprint density at radius 3 is 2.21 bits per heavy atom. The van der Waals surface area contributed by atoms with Gasteiger partial charge in [0.05, 0.1) is 0 Å². The lowest BCUT2D eigenvalue weighted by Gasteiger charge is -2.16. The molecule has 1 aromatic carbocycles. The molecule has 0 atom stereocenters. The highest BCUT2D eigenvalue weighted by molar-refractivity contribution is 5.94. The van der Waals surface area contributed by atoms with Crippen LogP contribution in [0.25, 0.3) is 0 Å². The topological polar surface area (TPSA) is 62.4 Å². The molecule has 0 aliphatic rings. The Bertz CT molecular complexity index is 402. The van der Waals surface area contributed by atoms with Crippen molar-refractivity contribution in [3.05, 3.63) is 29.3 Å². The highest BCUT2D eigenvalue weighted by Gasteiger charge is 2.08. The van der Waals surface area contributed by atoms with Gasteiger partial charge in [-0.15, -0.1) is 0 Å². The number of hydrogen-bond acceptors (Lipinski definition) is 2. The second-order valence-electron chi connectivity index (χ2n) is 5.01. The van der Waals surface area contributed by atoms with Crippen LogP contribution in [-0.2, 0) is 12.8 Å². The SMILES string of the molecule is CCc1cccc(CC)c1NC(=NCC(C)C)NN. The highest BCUT2D eigenvalue weighted by Crippen LogP contribution is 2.22. The molecule has 0 radical (unpaired) electrons. The molecule has 0 spiro atoms. The molecular formula is C15H26N4. The second-order valence-corrected chi connectivity index (χ2v) is 5.01. The van der Waals surface area contributed by atoms with Gasteiger partial charge < -0.3 is 5.32 Å². The first-order valence-corrected chi connectivity index (χ1v) is 7.01. The number of nitrogens with zero attached hydrogens (tertiary/aromatic N) is 1. The van der Waals surface area contributed by atoms with Gasteiger partial charge in [-0.05, 0) is 29.9 Å². The van der Waals surface area contributed by atoms with Gasteiger partial charge in [-0.1, -0.05) is 45.9 Å². The van der Waals surface area contributed by atoms with E-state index in [0.29, 0.717) is 11.9 Å². The molecular weight excluding hydrogens is 236 g/mol. The first-order valence-electron chi connectivity index (χ1n) is 7.01. The summed E-state index contributed by atoms with van der Waals surface area (Å²) in [6, 6.07) is 6.37. The number of hydrogen-bond donors (Lipinski definition) is 3. The van der Waals surface area contributed by atoms with E-state index in [1.807, 2.05) is 0 Å². The van der Waals surface area contributed by atoms with E-state index >= 15 is 0 Å². The highest BCUT2D eigenvalue weighted by atomic mass is 15.3. The van der Waals surface area contributed by atoms with Crippen LogP contribution in [-0.4, -0.2) is 12.5 Å². The van der Waals surface area contributed by atoms with Gasteiger partial charge in [-0.2, -0.15) is 0 Å². The average molecular weight is 262 g/mol. The van der Waals surface area contributed by atoms with Gasteiger partial charge in [0.15, 0.2) is 0 Å². The molecule has 0 aliphatic heterocycles. The second kappa shape index (κ2) is 7.79. The van der Waals surface area contributed by atoms with Crippen molar-refractivity contribution in [1.29, 1.82) is 0 Å². The van der Waals surface area contributed by atoms with Crippen molar-refractivity contribution < 1.29 is 0 Å². The summed E-state index contributed by atoms with van der Waals surface area (Å²) in [6.07, 6.45) is 1.97. The lowest BCUT2D eigenvalue weighted by Crippen LogP contribution is -2.37. The zero-order chi connectivity index (χ0) is 14.3. The third kappa shape index (κ3) is 4.56. The Balaban J connectivity index is 2.98. The number of guanidine groups is 1. The van der Waals surface area contributed by atoms with Crippen LogP contribution < -0.4 is 16.6 Å². The van der Waals surface area contributed by atoms with Crippen molar-refractivity contribution in [1.82, 2.24) is 5.43 Å². The number of nitrogens with two attached hydrogens (primary N) is 1. The predicted octanol–water partition coefficient (Wildman–Crippen LogP) is 2.70. The maximum Gasteiger partial charge on any atom is 0.210 e. The van der Waals surface area contributed by atoms with E-state index in [9.17, 15) is 0 Å². The molecule has 1 rings (SSSR count). The van der Waals surface area contributed by atoms with E-state index in [-0.39, 0.29) is 0 Å². The minimum atomic E-state index is 0.511. The Labute approximate surface area is 116 Å². The van der Waals surface area contributed by atoms with Gasteiger partial charge in [0.25, 0.3) is 0 Å². The van der Waals surface area contributed by atoms with Gasteiger partial charge in [0, 0.05) is 12.2 Å². The Kier molecular flexibility index (Phi) is 6.36. The molecule has 19 heavy (non-hydrogen) atoms. The molecule has 4 nitrogen and oxygen atoms in total. The summed E-state index contributed by atoms with van der Waals surface area (Å²) in [5.41, 5.74) is 6.35. The molecule has 0 saturated heterocycles. The van der Waals surface area contributed by atoms with Gasteiger partial charge in [0.2, 0.25) is 5.96 Å². The molecule has 0 aliphatic carbocycles. The van der Waals surface area contributed by atoms with Gasteiger partial charge in [0.1, 0.15) is 0 Å². The van der Waals surface area contributed by atoms with Gasteiger partial charge in [-0.3, -0.25) is 10.4 Å². The summed E-state index contributed by atoms with van der Waals surface area (Å²) in [4.78, 5) is 4.46. The molecule has 4 heteroatoms. The Morgan fingerprint density at radius 2 is 1.79 bits per heavy atom. The molecule has 0 aromatic heterocycles. The monoisotopic (exact) mass is 262 g/mol. The number of benzene rings is 1. The van der Waals surface area contributed by atoms with Gasteiger partial charge in [-0.25, -0.2) is 5.84 Å². The molecule has 0 fully saturated rings. The molecule has 1 aromatic rings. The van der Waals surface area contributed by atoms with Crippen molar-refractivity contribution in [3.63, 3.8) is 0 Å². The molecule has 0 unspecified atom stereocenters. The quantitative estimate of drug-likeness (QED) is 0.331. The lowest BCUT2D eigenvalue weighted by atomic mass is 10.0. The summed E-state index contributed by atoms with van der Waals surface area (Å²) < 4.78 is 0. The van der Waals surface area contributed by atoms with Crippen LogP contribution in [0.15, 0.2) is 23.2 Å². The van der Waals surface area contributed by atoms with Crippen molar-refractivity contribution in [2.75, 3.05) is 11.9 Å². The summed E-state index contributed by atoms with van der Waals surface area (Å²) in [5, 5.41) is 3.34. The first kappa shape index (κ1) is 15.5. The number of nitrogens with one attached hydrogen (secondary N) is 2. The van der Waals surface area contributed by atoms with Crippen molar-refractivity contribution in [2.24, 2.45) is 16.8 Å². The number of para-hydroxylation sites is 1. The van der Waals surface area contributed by atoms with E-state index in [1.165, 1.54) is 11.1 Å². The number of aliphatic imine (C=N–C) groups is 1. The van der Waals surface area contributed by atoms with E-state index in [4.69, 9.17) is 5.84 Å². The smallest absolute Gasteiger partial charge is 0.210 e. The number of hydrazine groups is 1. The van der Waals surface area contributed by atoms with Crippen molar-refractivity contribution in [2.45, 2.75) is 40.5 Å². The third-order valence-corrected chi connectivity index (χ3v) is 2.99. The fourth-order valence-corrected chi connectivity index (χ4v) is 1.92. The van der Waals surface area contributed by atoms with Gasteiger partial charge >= 0.3 is 0 Å². The van der Waals surface area contributed by atoms with E-state index in [1.54, 1.807) is 0 Å². The summed E-state index contributed by atoms with van der Waals surface area (Å²) >= 11 is 0.